The van der Waals surface area contributed by atoms with E-state index >= 15 is 0 Å². The number of carbonyl (C=O) groups excluding carboxylic acids is 1. The molecule has 0 aliphatic carbocycles. The monoisotopic (exact) mass is 423 g/mol. The summed E-state index contributed by atoms with van der Waals surface area (Å²) in [6, 6.07) is 11.4. The highest BCUT2D eigenvalue weighted by Crippen LogP contribution is 2.32. The van der Waals surface area contributed by atoms with Gasteiger partial charge in [0.1, 0.15) is 0 Å². The highest BCUT2D eigenvalue weighted by atomic mass is 32.1. The van der Waals surface area contributed by atoms with E-state index in [0.29, 0.717) is 22.3 Å². The Morgan fingerprint density at radius 3 is 2.93 bits per heavy atom. The third kappa shape index (κ3) is 3.69. The lowest BCUT2D eigenvalue weighted by molar-refractivity contribution is 0.0997. The van der Waals surface area contributed by atoms with E-state index in [9.17, 15) is 4.79 Å². The number of anilines is 1. The minimum absolute atomic E-state index is 0.236. The van der Waals surface area contributed by atoms with Gasteiger partial charge in [-0.05, 0) is 30.8 Å². The van der Waals surface area contributed by atoms with Gasteiger partial charge in [-0.1, -0.05) is 47.7 Å². The van der Waals surface area contributed by atoms with Crippen LogP contribution in [0.2, 0.25) is 0 Å². The van der Waals surface area contributed by atoms with Crippen LogP contribution in [0, 0.1) is 11.7 Å². The molecule has 0 aliphatic rings. The second kappa shape index (κ2) is 7.98. The molecule has 0 bridgehead atoms. The molecule has 7 nitrogen and oxygen atoms in total. The Balaban J connectivity index is 1.62. The van der Waals surface area contributed by atoms with Crippen molar-refractivity contribution in [2.24, 2.45) is 0 Å². The molecule has 3 aromatic heterocycles. The van der Waals surface area contributed by atoms with Crippen molar-refractivity contribution in [3.8, 4) is 21.8 Å². The first-order valence-electron chi connectivity index (χ1n) is 8.76. The van der Waals surface area contributed by atoms with Crippen LogP contribution in [0.25, 0.3) is 21.8 Å². The Bertz CT molecular complexity index is 1230. The van der Waals surface area contributed by atoms with Crippen LogP contribution in [0.5, 0.6) is 0 Å². The van der Waals surface area contributed by atoms with Crippen molar-refractivity contribution < 1.29 is 9.21 Å². The molecule has 0 saturated carbocycles. The third-order valence-electron chi connectivity index (χ3n) is 4.25. The zero-order chi connectivity index (χ0) is 20.4. The van der Waals surface area contributed by atoms with Gasteiger partial charge in [0.15, 0.2) is 21.5 Å². The molecule has 9 heteroatoms. The predicted octanol–water partition coefficient (Wildman–Crippen LogP) is 5.07. The molecule has 0 spiro atoms. The van der Waals surface area contributed by atoms with E-state index in [0.717, 1.165) is 21.7 Å². The van der Waals surface area contributed by atoms with Crippen molar-refractivity contribution in [2.45, 2.75) is 13.5 Å². The number of thiazole rings is 1. The molecule has 0 radical (unpaired) electrons. The summed E-state index contributed by atoms with van der Waals surface area (Å²) in [6.45, 7) is 6.14. The molecule has 146 valence electrons. The largest absolute Gasteiger partial charge is 0.459 e. The summed E-state index contributed by atoms with van der Waals surface area (Å²) >= 11 is 6.60. The lowest BCUT2D eigenvalue weighted by Gasteiger charge is -2.03. The summed E-state index contributed by atoms with van der Waals surface area (Å²) in [5.74, 6) is 0.535. The summed E-state index contributed by atoms with van der Waals surface area (Å²) < 4.78 is 7.78. The number of nitrogens with one attached hydrogen (secondary N) is 2. The first-order chi connectivity index (χ1) is 14.1. The van der Waals surface area contributed by atoms with Gasteiger partial charge in [-0.3, -0.25) is 19.8 Å². The van der Waals surface area contributed by atoms with Crippen LogP contribution in [0.3, 0.4) is 0 Å². The summed E-state index contributed by atoms with van der Waals surface area (Å²) in [7, 11) is 0. The van der Waals surface area contributed by atoms with Crippen LogP contribution in [-0.4, -0.2) is 25.7 Å². The molecule has 4 aromatic rings. The number of H-pyrrole nitrogens is 1. The SMILES string of the molecule is C=CCn1c(-c2sc(NC(=O)c3occc3-c3ccccc3)nc2C)n[nH]c1=S. The van der Waals surface area contributed by atoms with E-state index in [-0.39, 0.29) is 11.7 Å². The van der Waals surface area contributed by atoms with Gasteiger partial charge in [0.25, 0.3) is 5.91 Å². The Morgan fingerprint density at radius 2 is 2.17 bits per heavy atom. The number of benzene rings is 1. The second-order valence-electron chi connectivity index (χ2n) is 6.17. The van der Waals surface area contributed by atoms with Crippen molar-refractivity contribution >= 4 is 34.6 Å². The third-order valence-corrected chi connectivity index (χ3v) is 5.63. The molecule has 0 atom stereocenters. The van der Waals surface area contributed by atoms with Gasteiger partial charge >= 0.3 is 0 Å². The fourth-order valence-electron chi connectivity index (χ4n) is 2.93. The van der Waals surface area contributed by atoms with Gasteiger partial charge in [-0.15, -0.1) is 6.58 Å². The molecule has 0 saturated heterocycles. The topological polar surface area (TPSA) is 88.7 Å². The van der Waals surface area contributed by atoms with E-state index in [1.807, 2.05) is 41.8 Å². The van der Waals surface area contributed by atoms with E-state index in [4.69, 9.17) is 16.6 Å². The van der Waals surface area contributed by atoms with E-state index in [1.165, 1.54) is 17.6 Å². The van der Waals surface area contributed by atoms with Crippen LogP contribution in [0.4, 0.5) is 5.13 Å². The summed E-state index contributed by atoms with van der Waals surface area (Å²) in [6.07, 6.45) is 3.25. The van der Waals surface area contributed by atoms with Crippen LogP contribution < -0.4 is 5.32 Å². The van der Waals surface area contributed by atoms with E-state index in [2.05, 4.69) is 27.1 Å². The van der Waals surface area contributed by atoms with Gasteiger partial charge in [-0.25, -0.2) is 4.98 Å². The molecule has 29 heavy (non-hydrogen) atoms. The predicted molar refractivity (Wildman–Crippen MR) is 116 cm³/mol. The number of carbonyl (C=O) groups is 1. The number of hydrogen-bond donors (Lipinski definition) is 2. The molecular formula is C20H17N5O2S2. The minimum atomic E-state index is -0.362. The maximum atomic E-state index is 12.8. The lowest BCUT2D eigenvalue weighted by atomic mass is 10.1. The quantitative estimate of drug-likeness (QED) is 0.334. The lowest BCUT2D eigenvalue weighted by Crippen LogP contribution is -2.11. The van der Waals surface area contributed by atoms with Gasteiger partial charge in [-0.2, -0.15) is 5.10 Å². The molecule has 0 unspecified atom stereocenters. The average Bonchev–Trinajstić information content (AvgIpc) is 3.43. The maximum absolute atomic E-state index is 12.8. The van der Waals surface area contributed by atoms with Crippen LogP contribution in [0.1, 0.15) is 16.2 Å². The normalized spacial score (nSPS) is 10.8. The number of rotatable bonds is 6. The first kappa shape index (κ1) is 19.0. The standard InChI is InChI=1S/C20H17N5O2S2/c1-3-10-25-17(23-24-20(25)28)16-12(2)21-19(29-16)22-18(26)15-14(9-11-27-15)13-7-5-4-6-8-13/h3-9,11H,1,10H2,2H3,(H,24,28)(H,21,22,26). The summed E-state index contributed by atoms with van der Waals surface area (Å²) in [4.78, 5) is 18.1. The average molecular weight is 424 g/mol. The zero-order valence-corrected chi connectivity index (χ0v) is 17.1. The molecule has 1 aromatic carbocycles. The Morgan fingerprint density at radius 1 is 1.38 bits per heavy atom. The highest BCUT2D eigenvalue weighted by molar-refractivity contribution is 7.71. The van der Waals surface area contributed by atoms with Gasteiger partial charge in [0, 0.05) is 12.1 Å². The number of amides is 1. The van der Waals surface area contributed by atoms with Crippen LogP contribution >= 0.6 is 23.6 Å². The summed E-state index contributed by atoms with van der Waals surface area (Å²) in [5.41, 5.74) is 2.37. The molecule has 3 heterocycles. The fourth-order valence-corrected chi connectivity index (χ4v) is 4.10. The number of aromatic amines is 1. The number of aromatic nitrogens is 4. The maximum Gasteiger partial charge on any atom is 0.293 e. The molecule has 0 aliphatic heterocycles. The zero-order valence-electron chi connectivity index (χ0n) is 15.5. The first-order valence-corrected chi connectivity index (χ1v) is 9.99. The molecular weight excluding hydrogens is 406 g/mol. The van der Waals surface area contributed by atoms with Crippen molar-refractivity contribution in [2.75, 3.05) is 5.32 Å². The van der Waals surface area contributed by atoms with Crippen molar-refractivity contribution in [3.63, 3.8) is 0 Å². The smallest absolute Gasteiger partial charge is 0.293 e. The van der Waals surface area contributed by atoms with Crippen molar-refractivity contribution in [1.82, 2.24) is 19.7 Å². The highest BCUT2D eigenvalue weighted by Gasteiger charge is 2.21. The van der Waals surface area contributed by atoms with Crippen LogP contribution in [0.15, 0.2) is 59.7 Å². The Labute approximate surface area is 175 Å². The van der Waals surface area contributed by atoms with E-state index in [1.54, 1.807) is 12.1 Å². The summed E-state index contributed by atoms with van der Waals surface area (Å²) in [5, 5.41) is 10.4. The number of nitrogens with zero attached hydrogens (tertiary/aromatic N) is 3. The molecule has 4 rings (SSSR count). The fraction of sp³-hybridized carbons (Fsp3) is 0.100. The van der Waals surface area contributed by atoms with Crippen molar-refractivity contribution in [3.05, 3.63) is 71.5 Å². The van der Waals surface area contributed by atoms with Crippen LogP contribution in [-0.2, 0) is 6.54 Å². The number of allylic oxidation sites excluding steroid dienone is 1. The minimum Gasteiger partial charge on any atom is -0.459 e. The Kier molecular flexibility index (Phi) is 5.24. The van der Waals surface area contributed by atoms with Gasteiger partial charge in [0.2, 0.25) is 0 Å². The number of furan rings is 1. The van der Waals surface area contributed by atoms with E-state index < -0.39 is 0 Å². The molecule has 0 fully saturated rings. The van der Waals surface area contributed by atoms with Gasteiger partial charge < -0.3 is 4.42 Å². The number of aryl methyl sites for hydroxylation is 1. The van der Waals surface area contributed by atoms with Gasteiger partial charge in [0.05, 0.1) is 16.8 Å². The van der Waals surface area contributed by atoms with Crippen molar-refractivity contribution in [1.29, 1.82) is 0 Å². The molecule has 2 N–H and O–H groups in total. The molecule has 1 amide bonds. The second-order valence-corrected chi connectivity index (χ2v) is 7.55. The number of hydrogen-bond acceptors (Lipinski definition) is 6. The Hall–Kier alpha value is -3.30.